The zero-order chi connectivity index (χ0) is 21.1. The van der Waals surface area contributed by atoms with Crippen LogP contribution >= 0.6 is 11.6 Å². The number of sulfonamides is 1. The van der Waals surface area contributed by atoms with E-state index >= 15 is 0 Å². The van der Waals surface area contributed by atoms with Crippen LogP contribution in [0.3, 0.4) is 0 Å². The summed E-state index contributed by atoms with van der Waals surface area (Å²) in [5.74, 6) is -1.21. The van der Waals surface area contributed by atoms with Gasteiger partial charge < -0.3 is 10.1 Å². The number of benzene rings is 2. The molecule has 0 saturated carbocycles. The fraction of sp³-hybridized carbons (Fsp3) is 0.263. The summed E-state index contributed by atoms with van der Waals surface area (Å²) in [4.78, 5) is 24.5. The number of methoxy groups -OCH3 is 1. The van der Waals surface area contributed by atoms with E-state index in [4.69, 9.17) is 11.6 Å². The van der Waals surface area contributed by atoms with E-state index in [-0.39, 0.29) is 10.6 Å². The molecule has 7 nitrogen and oxygen atoms in total. The van der Waals surface area contributed by atoms with E-state index in [9.17, 15) is 18.0 Å². The largest absolute Gasteiger partial charge is 0.465 e. The number of carbonyl (C=O) groups excluding carboxylic acids is 2. The predicted octanol–water partition coefficient (Wildman–Crippen LogP) is 3.23. The Morgan fingerprint density at radius 3 is 2.29 bits per heavy atom. The van der Waals surface area contributed by atoms with Crippen molar-refractivity contribution in [2.24, 2.45) is 0 Å². The summed E-state index contributed by atoms with van der Waals surface area (Å²) in [5.41, 5.74) is 1.72. The fourth-order valence-corrected chi connectivity index (χ4v) is 3.99. The van der Waals surface area contributed by atoms with Gasteiger partial charge in [0.15, 0.2) is 0 Å². The Morgan fingerprint density at radius 2 is 1.75 bits per heavy atom. The Bertz CT molecular complexity index is 990. The molecule has 1 amide bonds. The van der Waals surface area contributed by atoms with Gasteiger partial charge in [-0.25, -0.2) is 13.2 Å². The minimum absolute atomic E-state index is 0.0909. The molecule has 2 aromatic carbocycles. The second-order valence-electron chi connectivity index (χ2n) is 6.25. The van der Waals surface area contributed by atoms with Crippen molar-refractivity contribution in [1.29, 1.82) is 0 Å². The Labute approximate surface area is 169 Å². The highest BCUT2D eigenvalue weighted by Gasteiger charge is 2.29. The quantitative estimate of drug-likeness (QED) is 0.718. The maximum Gasteiger partial charge on any atom is 0.339 e. The number of amides is 1. The van der Waals surface area contributed by atoms with Gasteiger partial charge in [0.05, 0.1) is 29.6 Å². The zero-order valence-electron chi connectivity index (χ0n) is 15.9. The molecular formula is C19H21ClN2O5S. The van der Waals surface area contributed by atoms with Crippen LogP contribution in [0.15, 0.2) is 42.5 Å². The number of rotatable bonds is 6. The number of carbonyl (C=O) groups is 2. The molecule has 0 spiro atoms. The second-order valence-corrected chi connectivity index (χ2v) is 8.51. The van der Waals surface area contributed by atoms with Crippen molar-refractivity contribution in [3.63, 3.8) is 0 Å². The first-order valence-electron chi connectivity index (χ1n) is 8.29. The average molecular weight is 425 g/mol. The first-order chi connectivity index (χ1) is 13.0. The Morgan fingerprint density at radius 1 is 1.14 bits per heavy atom. The molecule has 0 heterocycles. The highest BCUT2D eigenvalue weighted by molar-refractivity contribution is 7.92. The van der Waals surface area contributed by atoms with Gasteiger partial charge in [0.2, 0.25) is 15.9 Å². The summed E-state index contributed by atoms with van der Waals surface area (Å²) < 4.78 is 30.3. The van der Waals surface area contributed by atoms with Crippen molar-refractivity contribution in [2.75, 3.05) is 23.0 Å². The number of esters is 1. The van der Waals surface area contributed by atoms with E-state index in [2.05, 4.69) is 10.1 Å². The fourth-order valence-electron chi connectivity index (χ4n) is 2.62. The molecule has 0 fully saturated rings. The lowest BCUT2D eigenvalue weighted by molar-refractivity contribution is -0.116. The van der Waals surface area contributed by atoms with Gasteiger partial charge in [-0.3, -0.25) is 9.10 Å². The summed E-state index contributed by atoms with van der Waals surface area (Å²) in [6, 6.07) is 10.1. The SMILES string of the molecule is COC(=O)c1cc(NC(=O)[C@H](C)N(c2ccc(C)cc2)S(C)(=O)=O)ccc1Cl. The number of anilines is 2. The molecule has 0 bridgehead atoms. The summed E-state index contributed by atoms with van der Waals surface area (Å²) in [6.45, 7) is 3.36. The van der Waals surface area contributed by atoms with E-state index in [1.807, 2.05) is 6.92 Å². The number of ether oxygens (including phenoxy) is 1. The van der Waals surface area contributed by atoms with Crippen LogP contribution in [-0.2, 0) is 19.6 Å². The van der Waals surface area contributed by atoms with Crippen molar-refractivity contribution in [2.45, 2.75) is 19.9 Å². The molecule has 150 valence electrons. The molecule has 0 aromatic heterocycles. The van der Waals surface area contributed by atoms with Gasteiger partial charge in [0, 0.05) is 5.69 Å². The van der Waals surface area contributed by atoms with Crippen molar-refractivity contribution in [3.8, 4) is 0 Å². The van der Waals surface area contributed by atoms with E-state index in [0.717, 1.165) is 16.1 Å². The van der Waals surface area contributed by atoms with Crippen LogP contribution in [0.1, 0.15) is 22.8 Å². The number of hydrogen-bond acceptors (Lipinski definition) is 5. The van der Waals surface area contributed by atoms with E-state index in [1.54, 1.807) is 24.3 Å². The monoisotopic (exact) mass is 424 g/mol. The van der Waals surface area contributed by atoms with Gasteiger partial charge in [-0.15, -0.1) is 0 Å². The van der Waals surface area contributed by atoms with Crippen LogP contribution in [0.2, 0.25) is 5.02 Å². The molecule has 2 rings (SSSR count). The minimum Gasteiger partial charge on any atom is -0.465 e. The van der Waals surface area contributed by atoms with Gasteiger partial charge >= 0.3 is 5.97 Å². The van der Waals surface area contributed by atoms with E-state index in [0.29, 0.717) is 11.4 Å². The van der Waals surface area contributed by atoms with Crippen molar-refractivity contribution >= 4 is 44.9 Å². The molecule has 0 saturated heterocycles. The molecular weight excluding hydrogens is 404 g/mol. The Balaban J connectivity index is 2.31. The average Bonchev–Trinajstić information content (AvgIpc) is 2.63. The first kappa shape index (κ1) is 21.7. The third-order valence-electron chi connectivity index (χ3n) is 4.02. The zero-order valence-corrected chi connectivity index (χ0v) is 17.5. The summed E-state index contributed by atoms with van der Waals surface area (Å²) in [5, 5.41) is 2.79. The van der Waals surface area contributed by atoms with Crippen LogP contribution < -0.4 is 9.62 Å². The lowest BCUT2D eigenvalue weighted by Crippen LogP contribution is -2.45. The van der Waals surface area contributed by atoms with Crippen molar-refractivity contribution in [1.82, 2.24) is 0 Å². The van der Waals surface area contributed by atoms with Crippen LogP contribution in [-0.4, -0.2) is 39.7 Å². The van der Waals surface area contributed by atoms with E-state index < -0.39 is 27.9 Å². The smallest absolute Gasteiger partial charge is 0.339 e. The Hall–Kier alpha value is -2.58. The summed E-state index contributed by atoms with van der Waals surface area (Å²) in [7, 11) is -2.50. The number of nitrogens with one attached hydrogen (secondary N) is 1. The molecule has 0 aliphatic heterocycles. The lowest BCUT2D eigenvalue weighted by atomic mass is 10.2. The number of halogens is 1. The third-order valence-corrected chi connectivity index (χ3v) is 5.59. The molecule has 0 radical (unpaired) electrons. The van der Waals surface area contributed by atoms with Crippen LogP contribution in [0, 0.1) is 6.92 Å². The van der Waals surface area contributed by atoms with Gasteiger partial charge in [0.25, 0.3) is 0 Å². The summed E-state index contributed by atoms with van der Waals surface area (Å²) >= 11 is 5.97. The second kappa shape index (κ2) is 8.62. The molecule has 9 heteroatoms. The highest BCUT2D eigenvalue weighted by atomic mass is 35.5. The maximum atomic E-state index is 12.7. The normalized spacial score (nSPS) is 12.2. The van der Waals surface area contributed by atoms with Crippen LogP contribution in [0.4, 0.5) is 11.4 Å². The molecule has 2 aromatic rings. The van der Waals surface area contributed by atoms with Crippen molar-refractivity contribution in [3.05, 3.63) is 58.6 Å². The first-order valence-corrected chi connectivity index (χ1v) is 10.5. The number of hydrogen-bond donors (Lipinski definition) is 1. The molecule has 0 aliphatic carbocycles. The summed E-state index contributed by atoms with van der Waals surface area (Å²) in [6.07, 6.45) is 1.04. The number of nitrogens with zero attached hydrogens (tertiary/aromatic N) is 1. The van der Waals surface area contributed by atoms with Gasteiger partial charge in [-0.05, 0) is 44.2 Å². The molecule has 0 unspecified atom stereocenters. The Kier molecular flexibility index (Phi) is 6.69. The molecule has 1 N–H and O–H groups in total. The highest BCUT2D eigenvalue weighted by Crippen LogP contribution is 2.24. The molecule has 28 heavy (non-hydrogen) atoms. The third kappa shape index (κ3) is 5.02. The minimum atomic E-state index is -3.72. The predicted molar refractivity (Wildman–Crippen MR) is 109 cm³/mol. The van der Waals surface area contributed by atoms with Crippen LogP contribution in [0.25, 0.3) is 0 Å². The lowest BCUT2D eigenvalue weighted by Gasteiger charge is -2.28. The molecule has 1 atom stereocenters. The maximum absolute atomic E-state index is 12.7. The van der Waals surface area contributed by atoms with Crippen LogP contribution in [0.5, 0.6) is 0 Å². The topological polar surface area (TPSA) is 92.8 Å². The van der Waals surface area contributed by atoms with Gasteiger partial charge in [0.1, 0.15) is 6.04 Å². The van der Waals surface area contributed by atoms with Crippen molar-refractivity contribution < 1.29 is 22.7 Å². The van der Waals surface area contributed by atoms with Gasteiger partial charge in [-0.2, -0.15) is 0 Å². The van der Waals surface area contributed by atoms with E-state index in [1.165, 1.54) is 32.2 Å². The standard InChI is InChI=1S/C19H21ClN2O5S/c1-12-5-8-15(9-6-12)22(28(4,25)26)13(2)18(23)21-14-7-10-17(20)16(11-14)19(24)27-3/h5-11,13H,1-4H3,(H,21,23)/t13-/m0/s1. The number of aryl methyl sites for hydroxylation is 1. The van der Waals surface area contributed by atoms with Gasteiger partial charge in [-0.1, -0.05) is 29.3 Å². The molecule has 0 aliphatic rings.